The molecule has 4 heteroatoms. The lowest BCUT2D eigenvalue weighted by Gasteiger charge is -2.35. The highest BCUT2D eigenvalue weighted by atomic mass is 19.1. The summed E-state index contributed by atoms with van der Waals surface area (Å²) in [4.78, 5) is 12.1. The molecule has 0 saturated heterocycles. The first-order valence-electron chi connectivity index (χ1n) is 6.73. The minimum absolute atomic E-state index is 0.0309. The molecule has 1 aliphatic rings. The first-order chi connectivity index (χ1) is 8.87. The summed E-state index contributed by atoms with van der Waals surface area (Å²) in [5.74, 6) is -0.894. The molecule has 19 heavy (non-hydrogen) atoms. The Bertz CT molecular complexity index is 485. The van der Waals surface area contributed by atoms with Crippen molar-refractivity contribution in [3.05, 3.63) is 29.6 Å². The van der Waals surface area contributed by atoms with Crippen LogP contribution < -0.4 is 11.1 Å². The topological polar surface area (TPSA) is 55.1 Å². The van der Waals surface area contributed by atoms with Crippen molar-refractivity contribution in [1.29, 1.82) is 0 Å². The first kappa shape index (κ1) is 13.8. The molecule has 2 rings (SSSR count). The number of carbonyl (C=O) groups is 1. The van der Waals surface area contributed by atoms with Gasteiger partial charge in [0.15, 0.2) is 0 Å². The van der Waals surface area contributed by atoms with Crippen LogP contribution in [0, 0.1) is 11.2 Å². The Morgan fingerprint density at radius 3 is 2.89 bits per heavy atom. The number of benzene rings is 1. The summed E-state index contributed by atoms with van der Waals surface area (Å²) in [6.07, 6.45) is 4.16. The van der Waals surface area contributed by atoms with E-state index in [1.54, 1.807) is 0 Å². The second kappa shape index (κ2) is 5.19. The average molecular weight is 264 g/mol. The molecule has 1 atom stereocenters. The molecule has 3 N–H and O–H groups in total. The van der Waals surface area contributed by atoms with Gasteiger partial charge in [-0.2, -0.15) is 0 Å². The number of amides is 1. The molecular formula is C15H21FN2O. The highest BCUT2D eigenvalue weighted by Gasteiger charge is 2.29. The Hall–Kier alpha value is -1.58. The van der Waals surface area contributed by atoms with Crippen LogP contribution in [0.3, 0.4) is 0 Å². The summed E-state index contributed by atoms with van der Waals surface area (Å²) in [7, 11) is 0. The molecule has 0 aromatic heterocycles. The third-order valence-corrected chi connectivity index (χ3v) is 3.78. The van der Waals surface area contributed by atoms with E-state index in [0.29, 0.717) is 5.69 Å². The maximum absolute atomic E-state index is 13.6. The van der Waals surface area contributed by atoms with Gasteiger partial charge in [-0.3, -0.25) is 4.79 Å². The standard InChI is InChI=1S/C15H21FN2O/c1-15(2)7-3-4-11(9-15)18-14(19)12-8-10(17)5-6-13(12)16/h5-6,8,11H,3-4,7,9,17H2,1-2H3,(H,18,19). The molecule has 1 fully saturated rings. The molecule has 104 valence electrons. The number of nitrogen functional groups attached to an aromatic ring is 1. The van der Waals surface area contributed by atoms with Gasteiger partial charge >= 0.3 is 0 Å². The van der Waals surface area contributed by atoms with Crippen LogP contribution in [0.5, 0.6) is 0 Å². The first-order valence-corrected chi connectivity index (χ1v) is 6.73. The molecule has 1 unspecified atom stereocenters. The van der Waals surface area contributed by atoms with Gasteiger partial charge in [-0.1, -0.05) is 20.3 Å². The van der Waals surface area contributed by atoms with Crippen molar-refractivity contribution in [3.63, 3.8) is 0 Å². The molecule has 0 bridgehead atoms. The summed E-state index contributed by atoms with van der Waals surface area (Å²) < 4.78 is 13.6. The van der Waals surface area contributed by atoms with Crippen molar-refractivity contribution < 1.29 is 9.18 Å². The fraction of sp³-hybridized carbons (Fsp3) is 0.533. The van der Waals surface area contributed by atoms with E-state index in [1.165, 1.54) is 24.6 Å². The third kappa shape index (κ3) is 3.46. The number of nitrogens with two attached hydrogens (primary N) is 1. The fourth-order valence-corrected chi connectivity index (χ4v) is 2.80. The summed E-state index contributed by atoms with van der Waals surface area (Å²) in [6.45, 7) is 4.40. The Kier molecular flexibility index (Phi) is 3.78. The summed E-state index contributed by atoms with van der Waals surface area (Å²) in [5, 5.41) is 2.92. The highest BCUT2D eigenvalue weighted by Crippen LogP contribution is 2.35. The minimum atomic E-state index is -0.526. The largest absolute Gasteiger partial charge is 0.399 e. The van der Waals surface area contributed by atoms with Crippen molar-refractivity contribution in [2.75, 3.05) is 5.73 Å². The van der Waals surface area contributed by atoms with Crippen LogP contribution in [-0.4, -0.2) is 11.9 Å². The van der Waals surface area contributed by atoms with Gasteiger partial charge < -0.3 is 11.1 Å². The number of nitrogens with one attached hydrogen (secondary N) is 1. The molecule has 0 radical (unpaired) electrons. The zero-order valence-electron chi connectivity index (χ0n) is 11.5. The molecule has 3 nitrogen and oxygen atoms in total. The van der Waals surface area contributed by atoms with Crippen LogP contribution in [-0.2, 0) is 0 Å². The van der Waals surface area contributed by atoms with Gasteiger partial charge in [-0.15, -0.1) is 0 Å². The second-order valence-electron chi connectivity index (χ2n) is 6.17. The van der Waals surface area contributed by atoms with E-state index in [0.717, 1.165) is 19.3 Å². The Balaban J connectivity index is 2.06. The smallest absolute Gasteiger partial charge is 0.254 e. The van der Waals surface area contributed by atoms with Crippen molar-refractivity contribution in [3.8, 4) is 0 Å². The zero-order valence-corrected chi connectivity index (χ0v) is 11.5. The molecular weight excluding hydrogens is 243 g/mol. The molecule has 0 aliphatic heterocycles. The summed E-state index contributed by atoms with van der Waals surface area (Å²) in [5.41, 5.74) is 6.26. The quantitative estimate of drug-likeness (QED) is 0.806. The third-order valence-electron chi connectivity index (χ3n) is 3.78. The summed E-state index contributed by atoms with van der Waals surface area (Å²) >= 11 is 0. The summed E-state index contributed by atoms with van der Waals surface area (Å²) in [6, 6.07) is 4.20. The normalized spacial score (nSPS) is 21.9. The Labute approximate surface area is 113 Å². The van der Waals surface area contributed by atoms with E-state index >= 15 is 0 Å². The van der Waals surface area contributed by atoms with Crippen LogP contribution >= 0.6 is 0 Å². The predicted octanol–water partition coefficient (Wildman–Crippen LogP) is 3.11. The molecule has 1 amide bonds. The van der Waals surface area contributed by atoms with Crippen molar-refractivity contribution >= 4 is 11.6 Å². The molecule has 1 aliphatic carbocycles. The Morgan fingerprint density at radius 2 is 2.21 bits per heavy atom. The maximum Gasteiger partial charge on any atom is 0.254 e. The number of hydrogen-bond acceptors (Lipinski definition) is 2. The predicted molar refractivity (Wildman–Crippen MR) is 74.3 cm³/mol. The van der Waals surface area contributed by atoms with Crippen LogP contribution in [0.15, 0.2) is 18.2 Å². The lowest BCUT2D eigenvalue weighted by atomic mass is 9.75. The highest BCUT2D eigenvalue weighted by molar-refractivity contribution is 5.95. The van der Waals surface area contributed by atoms with Gasteiger partial charge in [-0.05, 0) is 42.9 Å². The number of rotatable bonds is 2. The number of halogens is 1. The maximum atomic E-state index is 13.6. The van der Waals surface area contributed by atoms with Gasteiger partial charge in [0.2, 0.25) is 0 Å². The average Bonchev–Trinajstić information content (AvgIpc) is 2.31. The second-order valence-corrected chi connectivity index (χ2v) is 6.17. The van der Waals surface area contributed by atoms with Gasteiger partial charge in [-0.25, -0.2) is 4.39 Å². The van der Waals surface area contributed by atoms with E-state index < -0.39 is 5.82 Å². The fourth-order valence-electron chi connectivity index (χ4n) is 2.80. The monoisotopic (exact) mass is 264 g/mol. The molecule has 0 heterocycles. The van der Waals surface area contributed by atoms with Crippen molar-refractivity contribution in [2.24, 2.45) is 5.41 Å². The van der Waals surface area contributed by atoms with E-state index in [2.05, 4.69) is 19.2 Å². The molecule has 0 spiro atoms. The van der Waals surface area contributed by atoms with E-state index in [9.17, 15) is 9.18 Å². The van der Waals surface area contributed by atoms with Gasteiger partial charge in [0, 0.05) is 11.7 Å². The van der Waals surface area contributed by atoms with Gasteiger partial charge in [0.1, 0.15) is 5.82 Å². The lowest BCUT2D eigenvalue weighted by Crippen LogP contribution is -2.40. The zero-order chi connectivity index (χ0) is 14.0. The van der Waals surface area contributed by atoms with Crippen molar-refractivity contribution in [2.45, 2.75) is 45.6 Å². The minimum Gasteiger partial charge on any atom is -0.399 e. The Morgan fingerprint density at radius 1 is 1.47 bits per heavy atom. The molecule has 1 aromatic carbocycles. The number of anilines is 1. The number of carbonyl (C=O) groups excluding carboxylic acids is 1. The van der Waals surface area contributed by atoms with Crippen LogP contribution in [0.4, 0.5) is 10.1 Å². The van der Waals surface area contributed by atoms with Crippen molar-refractivity contribution in [1.82, 2.24) is 5.32 Å². The van der Waals surface area contributed by atoms with Crippen LogP contribution in [0.2, 0.25) is 0 Å². The number of hydrogen-bond donors (Lipinski definition) is 2. The lowest BCUT2D eigenvalue weighted by molar-refractivity contribution is 0.0898. The molecule has 1 saturated carbocycles. The van der Waals surface area contributed by atoms with Crippen LogP contribution in [0.1, 0.15) is 49.9 Å². The molecule has 1 aromatic rings. The van der Waals surface area contributed by atoms with Gasteiger partial charge in [0.25, 0.3) is 5.91 Å². The SMILES string of the molecule is CC1(C)CCCC(NC(=O)c2cc(N)ccc2F)C1. The van der Waals surface area contributed by atoms with E-state index in [-0.39, 0.29) is 22.9 Å². The van der Waals surface area contributed by atoms with E-state index in [1.807, 2.05) is 0 Å². The van der Waals surface area contributed by atoms with E-state index in [4.69, 9.17) is 5.73 Å². The van der Waals surface area contributed by atoms with Gasteiger partial charge in [0.05, 0.1) is 5.56 Å². The van der Waals surface area contributed by atoms with Crippen LogP contribution in [0.25, 0.3) is 0 Å².